The van der Waals surface area contributed by atoms with E-state index in [0.717, 1.165) is 12.1 Å². The normalized spacial score (nSPS) is 17.9. The van der Waals surface area contributed by atoms with Crippen LogP contribution in [-0.4, -0.2) is 42.2 Å². The molecular formula is C30H22O10. The highest BCUT2D eigenvalue weighted by atomic mass is 16.5. The van der Waals surface area contributed by atoms with E-state index < -0.39 is 46.8 Å². The zero-order valence-electron chi connectivity index (χ0n) is 20.7. The van der Waals surface area contributed by atoms with E-state index in [9.17, 15) is 40.2 Å². The van der Waals surface area contributed by atoms with Crippen molar-refractivity contribution in [3.63, 3.8) is 0 Å². The molecule has 0 unspecified atom stereocenters. The van der Waals surface area contributed by atoms with Gasteiger partial charge in [-0.15, -0.1) is 0 Å². The van der Waals surface area contributed by atoms with Gasteiger partial charge in [-0.05, 0) is 35.4 Å². The zero-order valence-corrected chi connectivity index (χ0v) is 20.7. The van der Waals surface area contributed by atoms with Crippen LogP contribution in [0.1, 0.15) is 56.9 Å². The predicted octanol–water partition coefficient (Wildman–Crippen LogP) is 5.00. The molecular weight excluding hydrogens is 520 g/mol. The second kappa shape index (κ2) is 9.12. The van der Waals surface area contributed by atoms with Gasteiger partial charge in [-0.1, -0.05) is 24.3 Å². The SMILES string of the molecule is O=C1C[C@@H](c2ccc(O)cc2)Oc2cc(O)c(-c3c(O)cc(O)c4c3O[C@H](c3ccc(O)cc3)CC4=O)c(O)c21. The van der Waals surface area contributed by atoms with Crippen LogP contribution in [0.15, 0.2) is 60.7 Å². The average molecular weight is 542 g/mol. The number of benzene rings is 4. The Balaban J connectivity index is 1.48. The molecule has 40 heavy (non-hydrogen) atoms. The van der Waals surface area contributed by atoms with Crippen molar-refractivity contribution in [3.8, 4) is 57.1 Å². The first-order valence-electron chi connectivity index (χ1n) is 12.3. The highest BCUT2D eigenvalue weighted by molar-refractivity contribution is 6.09. The van der Waals surface area contributed by atoms with Gasteiger partial charge in [0.25, 0.3) is 0 Å². The smallest absolute Gasteiger partial charge is 0.174 e. The number of rotatable bonds is 3. The Kier molecular flexibility index (Phi) is 5.69. The fraction of sp³-hybridized carbons (Fsp3) is 0.133. The zero-order chi connectivity index (χ0) is 28.3. The lowest BCUT2D eigenvalue weighted by Crippen LogP contribution is -2.22. The molecule has 4 aromatic rings. The van der Waals surface area contributed by atoms with Crippen molar-refractivity contribution in [2.45, 2.75) is 25.0 Å². The summed E-state index contributed by atoms with van der Waals surface area (Å²) in [5, 5.41) is 62.8. The Morgan fingerprint density at radius 3 is 1.60 bits per heavy atom. The van der Waals surface area contributed by atoms with Crippen molar-refractivity contribution >= 4 is 11.6 Å². The number of phenols is 6. The molecule has 2 aliphatic rings. The van der Waals surface area contributed by atoms with Gasteiger partial charge in [0.1, 0.15) is 69.3 Å². The molecule has 10 nitrogen and oxygen atoms in total. The molecule has 0 aliphatic carbocycles. The molecule has 2 aliphatic heterocycles. The second-order valence-electron chi connectivity index (χ2n) is 9.64. The molecule has 10 heteroatoms. The first-order valence-corrected chi connectivity index (χ1v) is 12.3. The lowest BCUT2D eigenvalue weighted by Gasteiger charge is -2.30. The third-order valence-electron chi connectivity index (χ3n) is 7.09. The number of ether oxygens (including phenoxy) is 2. The maximum atomic E-state index is 13.2. The minimum Gasteiger partial charge on any atom is -0.508 e. The predicted molar refractivity (Wildman–Crippen MR) is 139 cm³/mol. The first-order chi connectivity index (χ1) is 19.1. The molecule has 202 valence electrons. The van der Waals surface area contributed by atoms with Crippen LogP contribution in [0.4, 0.5) is 0 Å². The lowest BCUT2D eigenvalue weighted by molar-refractivity contribution is 0.0833. The van der Waals surface area contributed by atoms with Gasteiger partial charge < -0.3 is 40.1 Å². The number of carbonyl (C=O) groups excluding carboxylic acids is 2. The highest BCUT2D eigenvalue weighted by Gasteiger charge is 2.38. The summed E-state index contributed by atoms with van der Waals surface area (Å²) in [6.45, 7) is 0. The molecule has 0 spiro atoms. The van der Waals surface area contributed by atoms with Crippen LogP contribution < -0.4 is 9.47 Å². The molecule has 4 aromatic carbocycles. The molecule has 0 saturated heterocycles. The van der Waals surface area contributed by atoms with Crippen LogP contribution in [0.3, 0.4) is 0 Å². The van der Waals surface area contributed by atoms with Gasteiger partial charge in [-0.25, -0.2) is 0 Å². The number of aromatic hydroxyl groups is 6. The van der Waals surface area contributed by atoms with Crippen molar-refractivity contribution in [3.05, 3.63) is 82.9 Å². The molecule has 2 heterocycles. The monoisotopic (exact) mass is 542 g/mol. The molecule has 0 radical (unpaired) electrons. The topological polar surface area (TPSA) is 174 Å². The molecule has 0 bridgehead atoms. The van der Waals surface area contributed by atoms with Gasteiger partial charge >= 0.3 is 0 Å². The van der Waals surface area contributed by atoms with Crippen molar-refractivity contribution < 1.29 is 49.7 Å². The van der Waals surface area contributed by atoms with E-state index in [0.29, 0.717) is 11.1 Å². The van der Waals surface area contributed by atoms with Crippen LogP contribution in [0.5, 0.6) is 46.0 Å². The number of Topliss-reactive ketones (excluding diaryl/α,β-unsaturated/α-hetero) is 2. The Morgan fingerprint density at radius 1 is 0.550 bits per heavy atom. The summed E-state index contributed by atoms with van der Waals surface area (Å²) in [4.78, 5) is 26.3. The van der Waals surface area contributed by atoms with Gasteiger partial charge in [0.05, 0.1) is 24.0 Å². The van der Waals surface area contributed by atoms with E-state index in [4.69, 9.17) is 9.47 Å². The number of fused-ring (bicyclic) bond motifs is 2. The Labute approximate surface area is 226 Å². The third kappa shape index (κ3) is 3.97. The van der Waals surface area contributed by atoms with E-state index in [1.807, 2.05) is 0 Å². The van der Waals surface area contributed by atoms with Gasteiger partial charge in [-0.3, -0.25) is 9.59 Å². The maximum absolute atomic E-state index is 13.2. The molecule has 6 N–H and O–H groups in total. The molecule has 6 rings (SSSR count). The molecule has 0 amide bonds. The molecule has 0 aromatic heterocycles. The number of carbonyl (C=O) groups is 2. The van der Waals surface area contributed by atoms with E-state index >= 15 is 0 Å². The fourth-order valence-electron chi connectivity index (χ4n) is 5.17. The lowest BCUT2D eigenvalue weighted by atomic mass is 9.88. The summed E-state index contributed by atoms with van der Waals surface area (Å²) in [7, 11) is 0. The number of hydrogen-bond acceptors (Lipinski definition) is 10. The van der Waals surface area contributed by atoms with Crippen molar-refractivity contribution in [2.24, 2.45) is 0 Å². The summed E-state index contributed by atoms with van der Waals surface area (Å²) in [5.41, 5.74) is -0.0521. The van der Waals surface area contributed by atoms with Crippen molar-refractivity contribution in [2.75, 3.05) is 0 Å². The fourth-order valence-corrected chi connectivity index (χ4v) is 5.17. The molecule has 0 saturated carbocycles. The minimum atomic E-state index is -0.876. The van der Waals surface area contributed by atoms with Gasteiger partial charge in [0, 0.05) is 12.1 Å². The number of phenolic OH excluding ortho intramolecular Hbond substituents is 6. The molecule has 0 fully saturated rings. The van der Waals surface area contributed by atoms with Crippen molar-refractivity contribution in [1.82, 2.24) is 0 Å². The Hall–Kier alpha value is -5.38. The summed E-state index contributed by atoms with van der Waals surface area (Å²) in [6.07, 6.45) is -1.94. The number of hydrogen-bond donors (Lipinski definition) is 6. The van der Waals surface area contributed by atoms with E-state index in [1.165, 1.54) is 24.3 Å². The van der Waals surface area contributed by atoms with E-state index in [-0.39, 0.29) is 58.1 Å². The van der Waals surface area contributed by atoms with Crippen molar-refractivity contribution in [1.29, 1.82) is 0 Å². The quantitative estimate of drug-likeness (QED) is 0.207. The van der Waals surface area contributed by atoms with Crippen LogP contribution in [0, 0.1) is 0 Å². The van der Waals surface area contributed by atoms with E-state index in [2.05, 4.69) is 0 Å². The van der Waals surface area contributed by atoms with Gasteiger partial charge in [0.15, 0.2) is 11.6 Å². The second-order valence-corrected chi connectivity index (χ2v) is 9.64. The number of ketones is 2. The average Bonchev–Trinajstić information content (AvgIpc) is 2.90. The standard InChI is InChI=1S/C30H22O10/c31-15-5-1-13(2-6-15)22-11-20(36)26-24(39-22)12-21(37)27(29(26)38)28-18(34)9-17(33)25-19(35)10-23(40-30(25)28)14-3-7-16(32)8-4-14/h1-9,12,22-23,31-34,37-38H,10-11H2/t22-,23-/m0/s1. The van der Waals surface area contributed by atoms with Gasteiger partial charge in [0.2, 0.25) is 0 Å². The summed E-state index contributed by atoms with van der Waals surface area (Å²) >= 11 is 0. The van der Waals surface area contributed by atoms with Gasteiger partial charge in [-0.2, -0.15) is 0 Å². The largest absolute Gasteiger partial charge is 0.508 e. The maximum Gasteiger partial charge on any atom is 0.174 e. The van der Waals surface area contributed by atoms with Crippen LogP contribution in [0.25, 0.3) is 11.1 Å². The first kappa shape index (κ1) is 24.9. The molecule has 2 atom stereocenters. The Bertz CT molecular complexity index is 1690. The minimum absolute atomic E-state index is 0.00528. The van der Waals surface area contributed by atoms with Crippen LogP contribution in [-0.2, 0) is 0 Å². The third-order valence-corrected chi connectivity index (χ3v) is 7.09. The van der Waals surface area contributed by atoms with Crippen LogP contribution >= 0.6 is 0 Å². The summed E-state index contributed by atoms with van der Waals surface area (Å²) in [5.74, 6) is -3.83. The van der Waals surface area contributed by atoms with E-state index in [1.54, 1.807) is 24.3 Å². The summed E-state index contributed by atoms with van der Waals surface area (Å²) < 4.78 is 12.0. The Morgan fingerprint density at radius 2 is 1.02 bits per heavy atom. The summed E-state index contributed by atoms with van der Waals surface area (Å²) in [6, 6.07) is 14.0. The van der Waals surface area contributed by atoms with Crippen LogP contribution in [0.2, 0.25) is 0 Å². The highest BCUT2D eigenvalue weighted by Crippen LogP contribution is 2.56.